The van der Waals surface area contributed by atoms with Gasteiger partial charge in [0.2, 0.25) is 5.95 Å². The third kappa shape index (κ3) is 5.26. The van der Waals surface area contributed by atoms with Crippen LogP contribution >= 0.6 is 15.9 Å². The number of likely N-dealkylation sites (N-methyl/N-ethyl adjacent to an activating group) is 1. The van der Waals surface area contributed by atoms with Crippen LogP contribution in [0, 0.1) is 5.82 Å². The molecule has 0 radical (unpaired) electrons. The molecule has 2 aromatic heterocycles. The predicted octanol–water partition coefficient (Wildman–Crippen LogP) is 6.16. The fraction of sp³-hybridized carbons (Fsp3) is 0.250. The molecule has 166 valence electrons. The molecular weight excluding hydrogens is 471 g/mol. The maximum Gasteiger partial charge on any atom is 0.229 e. The summed E-state index contributed by atoms with van der Waals surface area (Å²) in [5.41, 5.74) is 2.86. The van der Waals surface area contributed by atoms with Gasteiger partial charge >= 0.3 is 0 Å². The van der Waals surface area contributed by atoms with E-state index in [0.29, 0.717) is 16.2 Å². The largest absolute Gasteiger partial charge is 0.346 e. The van der Waals surface area contributed by atoms with Gasteiger partial charge in [-0.25, -0.2) is 9.37 Å². The molecule has 32 heavy (non-hydrogen) atoms. The van der Waals surface area contributed by atoms with Crippen LogP contribution < -0.4 is 10.6 Å². The first-order chi connectivity index (χ1) is 15.6. The van der Waals surface area contributed by atoms with Crippen LogP contribution in [0.5, 0.6) is 0 Å². The van der Waals surface area contributed by atoms with Crippen LogP contribution in [-0.4, -0.2) is 39.1 Å². The highest BCUT2D eigenvalue weighted by atomic mass is 79.9. The number of nitrogens with one attached hydrogen (secondary N) is 2. The lowest BCUT2D eigenvalue weighted by atomic mass is 10.2. The lowest BCUT2D eigenvalue weighted by Crippen LogP contribution is -2.26. The molecule has 0 atom stereocenters. The second-order valence-corrected chi connectivity index (χ2v) is 8.31. The van der Waals surface area contributed by atoms with Crippen molar-refractivity contribution in [3.63, 3.8) is 0 Å². The summed E-state index contributed by atoms with van der Waals surface area (Å²) in [4.78, 5) is 11.3. The van der Waals surface area contributed by atoms with Crippen LogP contribution in [0.15, 0.2) is 65.4 Å². The van der Waals surface area contributed by atoms with E-state index in [4.69, 9.17) is 0 Å². The van der Waals surface area contributed by atoms with Crippen LogP contribution in [0.3, 0.4) is 0 Å². The van der Waals surface area contributed by atoms with Gasteiger partial charge in [-0.3, -0.25) is 0 Å². The van der Waals surface area contributed by atoms with E-state index in [2.05, 4.69) is 84.2 Å². The molecule has 0 fully saturated rings. The van der Waals surface area contributed by atoms with E-state index < -0.39 is 0 Å². The van der Waals surface area contributed by atoms with Gasteiger partial charge in [-0.15, -0.1) is 0 Å². The highest BCUT2D eigenvalue weighted by molar-refractivity contribution is 9.10. The van der Waals surface area contributed by atoms with E-state index in [1.807, 2.05) is 6.07 Å². The Morgan fingerprint density at radius 1 is 1.00 bits per heavy atom. The fourth-order valence-electron chi connectivity index (χ4n) is 3.58. The van der Waals surface area contributed by atoms with Crippen molar-refractivity contribution in [3.05, 3.63) is 71.2 Å². The van der Waals surface area contributed by atoms with E-state index in [0.717, 1.165) is 42.9 Å². The average Bonchev–Trinajstić information content (AvgIpc) is 3.20. The van der Waals surface area contributed by atoms with Gasteiger partial charge in [0.25, 0.3) is 0 Å². The molecule has 0 bridgehead atoms. The van der Waals surface area contributed by atoms with Gasteiger partial charge in [0.15, 0.2) is 0 Å². The smallest absolute Gasteiger partial charge is 0.229 e. The zero-order chi connectivity index (χ0) is 22.5. The highest BCUT2D eigenvalue weighted by Gasteiger charge is 2.08. The molecule has 0 saturated heterocycles. The van der Waals surface area contributed by atoms with Gasteiger partial charge in [-0.1, -0.05) is 13.8 Å². The first kappa shape index (κ1) is 22.2. The molecule has 0 unspecified atom stereocenters. The number of benzene rings is 2. The average molecular weight is 497 g/mol. The summed E-state index contributed by atoms with van der Waals surface area (Å²) in [7, 11) is 0. The van der Waals surface area contributed by atoms with Crippen LogP contribution in [0.25, 0.3) is 10.9 Å². The maximum atomic E-state index is 13.2. The van der Waals surface area contributed by atoms with Crippen molar-refractivity contribution in [2.24, 2.45) is 0 Å². The third-order valence-electron chi connectivity index (χ3n) is 5.43. The number of rotatable bonds is 9. The van der Waals surface area contributed by atoms with Crippen molar-refractivity contribution in [2.75, 3.05) is 30.3 Å². The summed E-state index contributed by atoms with van der Waals surface area (Å²) in [5.74, 6) is 0.785. The Morgan fingerprint density at radius 2 is 1.75 bits per heavy atom. The van der Waals surface area contributed by atoms with E-state index in [1.54, 1.807) is 18.3 Å². The van der Waals surface area contributed by atoms with Crippen molar-refractivity contribution >= 4 is 50.0 Å². The topological polar surface area (TPSA) is 58.0 Å². The molecular formula is C24H26BrFN6. The predicted molar refractivity (Wildman–Crippen MR) is 132 cm³/mol. The Hall–Kier alpha value is -2.97. The summed E-state index contributed by atoms with van der Waals surface area (Å²) >= 11 is 3.46. The third-order valence-corrected chi connectivity index (χ3v) is 6.01. The molecule has 0 aliphatic rings. The van der Waals surface area contributed by atoms with E-state index in [-0.39, 0.29) is 5.82 Å². The molecule has 4 aromatic rings. The van der Waals surface area contributed by atoms with Crippen LogP contribution in [0.1, 0.15) is 13.8 Å². The van der Waals surface area contributed by atoms with Crippen molar-refractivity contribution in [3.8, 4) is 0 Å². The molecule has 0 spiro atoms. The number of hydrogen-bond donors (Lipinski definition) is 2. The number of halogens is 2. The monoisotopic (exact) mass is 496 g/mol. The number of aromatic nitrogens is 3. The zero-order valence-electron chi connectivity index (χ0n) is 18.1. The summed E-state index contributed by atoms with van der Waals surface area (Å²) in [5, 5.41) is 7.62. The molecule has 6 nitrogen and oxygen atoms in total. The Kier molecular flexibility index (Phi) is 7.02. The van der Waals surface area contributed by atoms with Gasteiger partial charge in [-0.05, 0) is 77.6 Å². The minimum atomic E-state index is -0.281. The normalized spacial score (nSPS) is 11.3. The lowest BCUT2D eigenvalue weighted by molar-refractivity contribution is 0.292. The summed E-state index contributed by atoms with van der Waals surface area (Å²) in [6.45, 7) is 8.52. The van der Waals surface area contributed by atoms with E-state index >= 15 is 0 Å². The minimum absolute atomic E-state index is 0.281. The number of hydrogen-bond acceptors (Lipinski definition) is 5. The molecule has 0 aliphatic carbocycles. The Bertz CT molecular complexity index is 1190. The molecule has 4 rings (SSSR count). The van der Waals surface area contributed by atoms with Crippen LogP contribution in [0.4, 0.5) is 27.5 Å². The van der Waals surface area contributed by atoms with Crippen molar-refractivity contribution in [1.29, 1.82) is 0 Å². The van der Waals surface area contributed by atoms with E-state index in [1.165, 1.54) is 17.6 Å². The maximum absolute atomic E-state index is 13.2. The quantitative estimate of drug-likeness (QED) is 0.290. The molecule has 2 N–H and O–H groups in total. The van der Waals surface area contributed by atoms with Gasteiger partial charge in [0, 0.05) is 47.8 Å². The second-order valence-electron chi connectivity index (χ2n) is 7.46. The van der Waals surface area contributed by atoms with Gasteiger partial charge in [0.1, 0.15) is 11.6 Å². The van der Waals surface area contributed by atoms with Crippen molar-refractivity contribution < 1.29 is 4.39 Å². The second kappa shape index (κ2) is 10.1. The lowest BCUT2D eigenvalue weighted by Gasteiger charge is -2.18. The van der Waals surface area contributed by atoms with E-state index in [9.17, 15) is 4.39 Å². The first-order valence-corrected chi connectivity index (χ1v) is 11.5. The Morgan fingerprint density at radius 3 is 2.50 bits per heavy atom. The minimum Gasteiger partial charge on any atom is -0.346 e. The molecule has 0 amide bonds. The highest BCUT2D eigenvalue weighted by Crippen LogP contribution is 2.27. The van der Waals surface area contributed by atoms with Crippen molar-refractivity contribution in [1.82, 2.24) is 19.4 Å². The first-order valence-electron chi connectivity index (χ1n) is 10.7. The molecule has 0 saturated carbocycles. The van der Waals surface area contributed by atoms with Gasteiger partial charge < -0.3 is 20.1 Å². The van der Waals surface area contributed by atoms with Crippen LogP contribution in [0.2, 0.25) is 0 Å². The SMILES string of the molecule is CCN(CC)CCn1ccc2cc(Nc3ncc(Br)c(Nc4ccc(F)cc4)n3)ccc21. The summed E-state index contributed by atoms with van der Waals surface area (Å²) in [6, 6.07) is 14.5. The van der Waals surface area contributed by atoms with Crippen molar-refractivity contribution in [2.45, 2.75) is 20.4 Å². The molecule has 2 heterocycles. The zero-order valence-corrected chi connectivity index (χ0v) is 19.7. The molecule has 2 aromatic carbocycles. The Balaban J connectivity index is 1.49. The molecule has 8 heteroatoms. The van der Waals surface area contributed by atoms with Gasteiger partial charge in [-0.2, -0.15) is 4.98 Å². The van der Waals surface area contributed by atoms with Gasteiger partial charge in [0.05, 0.1) is 4.47 Å². The fourth-order valence-corrected chi connectivity index (χ4v) is 3.87. The summed E-state index contributed by atoms with van der Waals surface area (Å²) in [6.07, 6.45) is 3.82. The number of fused-ring (bicyclic) bond motifs is 1. The number of anilines is 4. The Labute approximate surface area is 195 Å². The standard InChI is InChI=1S/C24H26BrFN6/c1-3-31(4-2)13-14-32-12-11-17-15-20(9-10-22(17)32)29-24-27-16-21(25)23(30-24)28-19-7-5-18(26)6-8-19/h5-12,15-16H,3-4,13-14H2,1-2H3,(H2,27,28,29,30). The molecule has 0 aliphatic heterocycles. The van der Waals surface area contributed by atoms with Crippen LogP contribution in [-0.2, 0) is 6.54 Å². The number of nitrogens with zero attached hydrogens (tertiary/aromatic N) is 4. The summed E-state index contributed by atoms with van der Waals surface area (Å²) < 4.78 is 16.2.